The highest BCUT2D eigenvalue weighted by atomic mass is 35.5. The second kappa shape index (κ2) is 4.76. The zero-order valence-electron chi connectivity index (χ0n) is 10.9. The summed E-state index contributed by atoms with van der Waals surface area (Å²) in [7, 11) is 0. The molecule has 2 aromatic carbocycles. The molecule has 0 unspecified atom stereocenters. The normalized spacial score (nSPS) is 11.3. The number of halogens is 2. The quantitative estimate of drug-likeness (QED) is 0.456. The lowest BCUT2D eigenvalue weighted by Crippen LogP contribution is -1.85. The number of pyridine rings is 1. The van der Waals surface area contributed by atoms with Gasteiger partial charge in [-0.2, -0.15) is 0 Å². The minimum absolute atomic E-state index is 0.538. The Morgan fingerprint density at radius 3 is 2.57 bits per heavy atom. The molecule has 0 saturated heterocycles. The van der Waals surface area contributed by atoms with Crippen LogP contribution in [0, 0.1) is 0 Å². The Balaban J connectivity index is 1.98. The van der Waals surface area contributed by atoms with E-state index < -0.39 is 0 Å². The van der Waals surface area contributed by atoms with Crippen LogP contribution in [0.4, 0.5) is 0 Å². The van der Waals surface area contributed by atoms with Gasteiger partial charge in [-0.25, -0.2) is 4.98 Å². The van der Waals surface area contributed by atoms with Crippen LogP contribution in [0.1, 0.15) is 0 Å². The van der Waals surface area contributed by atoms with Crippen LogP contribution in [0.2, 0.25) is 10.0 Å². The van der Waals surface area contributed by atoms with E-state index in [1.54, 1.807) is 6.07 Å². The molecule has 0 aliphatic rings. The van der Waals surface area contributed by atoms with Crippen LogP contribution in [0.5, 0.6) is 0 Å². The van der Waals surface area contributed by atoms with Gasteiger partial charge in [-0.1, -0.05) is 47.5 Å². The lowest BCUT2D eigenvalue weighted by molar-refractivity contribution is 1.26. The van der Waals surface area contributed by atoms with Crippen molar-refractivity contribution in [2.45, 2.75) is 0 Å². The minimum Gasteiger partial charge on any atom is -0.299 e. The van der Waals surface area contributed by atoms with E-state index >= 15 is 0 Å². The standard InChI is InChI=1S/C17H10Cl2N2/c18-13-7-5-12(9-14(13)19)15-10-21-16-4-2-1-3-11(16)6-8-17(21)20-15/h1-10H. The molecule has 0 fully saturated rings. The molecule has 0 radical (unpaired) electrons. The van der Waals surface area contributed by atoms with Crippen molar-refractivity contribution >= 4 is 39.8 Å². The Morgan fingerprint density at radius 2 is 1.71 bits per heavy atom. The third kappa shape index (κ3) is 2.08. The maximum Gasteiger partial charge on any atom is 0.137 e. The van der Waals surface area contributed by atoms with Gasteiger partial charge in [0.25, 0.3) is 0 Å². The first-order valence-electron chi connectivity index (χ1n) is 6.55. The predicted molar refractivity (Wildman–Crippen MR) is 88.2 cm³/mol. The molecule has 0 spiro atoms. The first kappa shape index (κ1) is 12.7. The molecular formula is C17H10Cl2N2. The Kier molecular flexibility index (Phi) is 2.88. The molecule has 4 aromatic rings. The molecule has 4 heteroatoms. The van der Waals surface area contributed by atoms with Crippen molar-refractivity contribution in [3.63, 3.8) is 0 Å². The topological polar surface area (TPSA) is 17.3 Å². The number of hydrogen-bond acceptors (Lipinski definition) is 1. The lowest BCUT2D eigenvalue weighted by atomic mass is 10.2. The van der Waals surface area contributed by atoms with E-state index in [9.17, 15) is 0 Å². The first-order valence-corrected chi connectivity index (χ1v) is 7.30. The minimum atomic E-state index is 0.538. The van der Waals surface area contributed by atoms with Gasteiger partial charge in [-0.05, 0) is 35.7 Å². The molecule has 0 saturated carbocycles. The average molecular weight is 313 g/mol. The van der Waals surface area contributed by atoms with E-state index in [1.165, 1.54) is 5.39 Å². The van der Waals surface area contributed by atoms with Gasteiger partial charge in [0.2, 0.25) is 0 Å². The van der Waals surface area contributed by atoms with Gasteiger partial charge in [0, 0.05) is 11.8 Å². The number of para-hydroxylation sites is 1. The summed E-state index contributed by atoms with van der Waals surface area (Å²) in [6.07, 6.45) is 2.03. The number of nitrogens with zero attached hydrogens (tertiary/aromatic N) is 2. The molecule has 0 N–H and O–H groups in total. The van der Waals surface area contributed by atoms with Gasteiger partial charge in [-0.3, -0.25) is 4.40 Å². The van der Waals surface area contributed by atoms with Gasteiger partial charge in [0.05, 0.1) is 21.3 Å². The summed E-state index contributed by atoms with van der Waals surface area (Å²) < 4.78 is 2.09. The van der Waals surface area contributed by atoms with Crippen molar-refractivity contribution < 1.29 is 0 Å². The van der Waals surface area contributed by atoms with E-state index in [0.717, 1.165) is 22.4 Å². The number of imidazole rings is 1. The zero-order chi connectivity index (χ0) is 14.4. The maximum absolute atomic E-state index is 6.09. The number of aromatic nitrogens is 2. The second-order valence-electron chi connectivity index (χ2n) is 4.88. The van der Waals surface area contributed by atoms with Crippen LogP contribution < -0.4 is 0 Å². The number of hydrogen-bond donors (Lipinski definition) is 0. The molecule has 0 aliphatic heterocycles. The molecule has 2 heterocycles. The van der Waals surface area contributed by atoms with Gasteiger partial charge >= 0.3 is 0 Å². The van der Waals surface area contributed by atoms with Crippen LogP contribution in [0.25, 0.3) is 27.8 Å². The Bertz CT molecular complexity index is 973. The van der Waals surface area contributed by atoms with Crippen LogP contribution in [-0.4, -0.2) is 9.38 Å². The summed E-state index contributed by atoms with van der Waals surface area (Å²) in [5.74, 6) is 0. The molecule has 4 rings (SSSR count). The van der Waals surface area contributed by atoms with E-state index in [-0.39, 0.29) is 0 Å². The first-order chi connectivity index (χ1) is 10.2. The third-order valence-electron chi connectivity index (χ3n) is 3.56. The van der Waals surface area contributed by atoms with Crippen molar-refractivity contribution in [3.05, 3.63) is 70.8 Å². The molecule has 102 valence electrons. The summed E-state index contributed by atoms with van der Waals surface area (Å²) in [6.45, 7) is 0. The zero-order valence-corrected chi connectivity index (χ0v) is 12.4. The molecule has 2 aromatic heterocycles. The van der Waals surface area contributed by atoms with Gasteiger partial charge in [-0.15, -0.1) is 0 Å². The van der Waals surface area contributed by atoms with Gasteiger partial charge < -0.3 is 0 Å². The molecule has 0 aliphatic carbocycles. The van der Waals surface area contributed by atoms with E-state index in [2.05, 4.69) is 27.6 Å². The molecule has 0 atom stereocenters. The fourth-order valence-corrected chi connectivity index (χ4v) is 2.81. The molecule has 0 bridgehead atoms. The molecule has 2 nitrogen and oxygen atoms in total. The fourth-order valence-electron chi connectivity index (χ4n) is 2.51. The third-order valence-corrected chi connectivity index (χ3v) is 4.30. The summed E-state index contributed by atoms with van der Waals surface area (Å²) in [4.78, 5) is 4.67. The highest BCUT2D eigenvalue weighted by Gasteiger charge is 2.08. The predicted octanol–water partition coefficient (Wildman–Crippen LogP) is 5.46. The van der Waals surface area contributed by atoms with Crippen molar-refractivity contribution in [1.82, 2.24) is 9.38 Å². The van der Waals surface area contributed by atoms with Crippen LogP contribution >= 0.6 is 23.2 Å². The number of fused-ring (bicyclic) bond motifs is 3. The lowest BCUT2D eigenvalue weighted by Gasteiger charge is -2.00. The van der Waals surface area contributed by atoms with Gasteiger partial charge in [0.1, 0.15) is 5.65 Å². The van der Waals surface area contributed by atoms with Crippen LogP contribution in [-0.2, 0) is 0 Å². The maximum atomic E-state index is 6.09. The van der Waals surface area contributed by atoms with E-state index in [0.29, 0.717) is 10.0 Å². The van der Waals surface area contributed by atoms with E-state index in [4.69, 9.17) is 23.2 Å². The number of benzene rings is 2. The summed E-state index contributed by atoms with van der Waals surface area (Å²) in [5.41, 5.74) is 3.88. The van der Waals surface area contributed by atoms with Crippen molar-refractivity contribution in [2.75, 3.05) is 0 Å². The highest BCUT2D eigenvalue weighted by Crippen LogP contribution is 2.29. The van der Waals surface area contributed by atoms with E-state index in [1.807, 2.05) is 36.5 Å². The Morgan fingerprint density at radius 1 is 0.857 bits per heavy atom. The van der Waals surface area contributed by atoms with Crippen molar-refractivity contribution in [2.24, 2.45) is 0 Å². The monoisotopic (exact) mass is 312 g/mol. The Labute approximate surface area is 131 Å². The summed E-state index contributed by atoms with van der Waals surface area (Å²) in [5, 5.41) is 2.27. The smallest absolute Gasteiger partial charge is 0.137 e. The largest absolute Gasteiger partial charge is 0.299 e. The molecular weight excluding hydrogens is 303 g/mol. The molecule has 21 heavy (non-hydrogen) atoms. The SMILES string of the molecule is Clc1ccc(-c2cn3c(ccc4ccccc43)n2)cc1Cl. The summed E-state index contributed by atoms with van der Waals surface area (Å²) in [6, 6.07) is 17.9. The Hall–Kier alpha value is -2.03. The summed E-state index contributed by atoms with van der Waals surface area (Å²) >= 11 is 12.1. The number of rotatable bonds is 1. The average Bonchev–Trinajstić information content (AvgIpc) is 2.94. The molecule has 0 amide bonds. The van der Waals surface area contributed by atoms with Crippen molar-refractivity contribution in [3.8, 4) is 11.3 Å². The highest BCUT2D eigenvalue weighted by molar-refractivity contribution is 6.42. The van der Waals surface area contributed by atoms with Gasteiger partial charge in [0.15, 0.2) is 0 Å². The fraction of sp³-hybridized carbons (Fsp3) is 0. The van der Waals surface area contributed by atoms with Crippen LogP contribution in [0.15, 0.2) is 60.8 Å². The second-order valence-corrected chi connectivity index (χ2v) is 5.69. The van der Waals surface area contributed by atoms with Crippen molar-refractivity contribution in [1.29, 1.82) is 0 Å². The van der Waals surface area contributed by atoms with Crippen LogP contribution in [0.3, 0.4) is 0 Å².